The molecule has 0 saturated carbocycles. The molecule has 1 aromatic rings. The molecule has 4 nitrogen and oxygen atoms in total. The fraction of sp³-hybridized carbons (Fsp3) is 0.500. The van der Waals surface area contributed by atoms with Crippen molar-refractivity contribution in [3.8, 4) is 0 Å². The maximum absolute atomic E-state index is 5.94. The third kappa shape index (κ3) is 2.82. The van der Waals surface area contributed by atoms with Crippen molar-refractivity contribution in [3.63, 3.8) is 0 Å². The largest absolute Gasteiger partial charge is 0.487 e. The minimum absolute atomic E-state index is 0.320. The molecular formula is C14H21BN2O2. The Bertz CT molecular complexity index is 496. The molecule has 0 radical (unpaired) electrons. The second-order valence-electron chi connectivity index (χ2n) is 5.94. The van der Waals surface area contributed by atoms with Gasteiger partial charge in [-0.2, -0.15) is 0 Å². The Morgan fingerprint density at radius 3 is 2.32 bits per heavy atom. The molecule has 2 rings (SSSR count). The highest BCUT2D eigenvalue weighted by atomic mass is 16.7. The van der Waals surface area contributed by atoms with E-state index in [1.807, 2.05) is 52.7 Å². The molecule has 2 heterocycles. The molecule has 0 aliphatic carbocycles. The maximum Gasteiger partial charge on any atom is 0.487 e. The topological polar surface area (TPSA) is 57.4 Å². The van der Waals surface area contributed by atoms with Gasteiger partial charge in [0, 0.05) is 23.1 Å². The van der Waals surface area contributed by atoms with Gasteiger partial charge in [0.05, 0.1) is 11.2 Å². The van der Waals surface area contributed by atoms with Gasteiger partial charge in [0.25, 0.3) is 0 Å². The molecular weight excluding hydrogens is 239 g/mol. The van der Waals surface area contributed by atoms with E-state index in [1.54, 1.807) is 6.20 Å². The molecule has 1 aliphatic heterocycles. The number of nitrogen functional groups attached to an aromatic ring is 1. The summed E-state index contributed by atoms with van der Waals surface area (Å²) in [6, 6.07) is 1.85. The van der Waals surface area contributed by atoms with Crippen LogP contribution in [0.25, 0.3) is 6.08 Å². The van der Waals surface area contributed by atoms with Crippen LogP contribution in [0.3, 0.4) is 0 Å². The van der Waals surface area contributed by atoms with E-state index >= 15 is 0 Å². The van der Waals surface area contributed by atoms with Gasteiger partial charge in [-0.1, -0.05) is 12.1 Å². The smallest absolute Gasteiger partial charge is 0.400 e. The van der Waals surface area contributed by atoms with Crippen LogP contribution in [0.2, 0.25) is 0 Å². The number of hydrogen-bond acceptors (Lipinski definition) is 4. The number of pyridine rings is 1. The van der Waals surface area contributed by atoms with Crippen molar-refractivity contribution >= 4 is 18.9 Å². The molecule has 0 spiro atoms. The molecule has 0 amide bonds. The lowest BCUT2D eigenvalue weighted by atomic mass is 9.89. The summed E-state index contributed by atoms with van der Waals surface area (Å²) in [7, 11) is -0.356. The maximum atomic E-state index is 5.94. The molecule has 0 unspecified atom stereocenters. The lowest BCUT2D eigenvalue weighted by Gasteiger charge is -2.32. The molecule has 5 heteroatoms. The summed E-state index contributed by atoms with van der Waals surface area (Å²) in [5.41, 5.74) is 7.79. The normalized spacial score (nSPS) is 21.2. The van der Waals surface area contributed by atoms with Crippen molar-refractivity contribution in [1.29, 1.82) is 0 Å². The van der Waals surface area contributed by atoms with E-state index in [0.29, 0.717) is 5.69 Å². The first-order valence-corrected chi connectivity index (χ1v) is 6.47. The highest BCUT2D eigenvalue weighted by Crippen LogP contribution is 2.37. The van der Waals surface area contributed by atoms with E-state index in [0.717, 1.165) is 11.3 Å². The van der Waals surface area contributed by atoms with Gasteiger partial charge in [-0.3, -0.25) is 4.98 Å². The Morgan fingerprint density at radius 2 is 1.79 bits per heavy atom. The zero-order valence-corrected chi connectivity index (χ0v) is 12.2. The Morgan fingerprint density at radius 1 is 1.21 bits per heavy atom. The standard InChI is InChI=1S/C14H21BN2O2/c1-10-8-12(16)11(9-17-10)6-7-15-18-13(2,3)14(4,5)19-15/h6-9H,1-5H3,(H2,16,17)/b7-6+. The van der Waals surface area contributed by atoms with Gasteiger partial charge in [0.1, 0.15) is 0 Å². The van der Waals surface area contributed by atoms with E-state index in [1.165, 1.54) is 0 Å². The van der Waals surface area contributed by atoms with Crippen molar-refractivity contribution in [2.45, 2.75) is 45.8 Å². The van der Waals surface area contributed by atoms with Crippen LogP contribution in [0.5, 0.6) is 0 Å². The molecule has 102 valence electrons. The molecule has 19 heavy (non-hydrogen) atoms. The van der Waals surface area contributed by atoms with Crippen LogP contribution in [0.15, 0.2) is 18.2 Å². The lowest BCUT2D eigenvalue weighted by Crippen LogP contribution is -2.41. The average Bonchev–Trinajstić information content (AvgIpc) is 2.46. The molecule has 2 N–H and O–H groups in total. The zero-order valence-electron chi connectivity index (χ0n) is 12.2. The van der Waals surface area contributed by atoms with Gasteiger partial charge in [-0.25, -0.2) is 0 Å². The predicted octanol–water partition coefficient (Wildman–Crippen LogP) is 2.62. The number of nitrogens with zero attached hydrogens (tertiary/aromatic N) is 1. The SMILES string of the molecule is Cc1cc(N)c(/C=C/B2OC(C)(C)C(C)(C)O2)cn1. The summed E-state index contributed by atoms with van der Waals surface area (Å²) in [5, 5.41) is 0. The lowest BCUT2D eigenvalue weighted by molar-refractivity contribution is 0.00578. The van der Waals surface area contributed by atoms with Gasteiger partial charge in [-0.05, 0) is 40.7 Å². The minimum Gasteiger partial charge on any atom is -0.400 e. The van der Waals surface area contributed by atoms with E-state index in [2.05, 4.69) is 4.98 Å². The van der Waals surface area contributed by atoms with Gasteiger partial charge in [0.15, 0.2) is 0 Å². The number of aromatic nitrogens is 1. The van der Waals surface area contributed by atoms with Gasteiger partial charge >= 0.3 is 7.12 Å². The average molecular weight is 260 g/mol. The van der Waals surface area contributed by atoms with Crippen molar-refractivity contribution in [2.24, 2.45) is 0 Å². The third-order valence-electron chi connectivity index (χ3n) is 3.81. The van der Waals surface area contributed by atoms with Gasteiger partial charge in [-0.15, -0.1) is 0 Å². The van der Waals surface area contributed by atoms with E-state index in [9.17, 15) is 0 Å². The molecule has 1 saturated heterocycles. The quantitative estimate of drug-likeness (QED) is 0.830. The highest BCUT2D eigenvalue weighted by molar-refractivity contribution is 6.52. The first kappa shape index (κ1) is 14.1. The molecule has 1 fully saturated rings. The molecule has 0 atom stereocenters. The van der Waals surface area contributed by atoms with Crippen molar-refractivity contribution in [1.82, 2.24) is 4.98 Å². The summed E-state index contributed by atoms with van der Waals surface area (Å²) in [5.74, 6) is 1.87. The number of anilines is 1. The number of hydrogen-bond donors (Lipinski definition) is 1. The van der Waals surface area contributed by atoms with Crippen LogP contribution >= 0.6 is 0 Å². The van der Waals surface area contributed by atoms with Crippen LogP contribution in [0.4, 0.5) is 5.69 Å². The second-order valence-corrected chi connectivity index (χ2v) is 5.94. The van der Waals surface area contributed by atoms with E-state index in [-0.39, 0.29) is 18.3 Å². The number of rotatable bonds is 2. The highest BCUT2D eigenvalue weighted by Gasteiger charge is 2.49. The Kier molecular flexibility index (Phi) is 3.45. The zero-order chi connectivity index (χ0) is 14.3. The fourth-order valence-corrected chi connectivity index (χ4v) is 1.88. The van der Waals surface area contributed by atoms with Crippen LogP contribution in [-0.4, -0.2) is 23.3 Å². The first-order chi connectivity index (χ1) is 8.71. The summed E-state index contributed by atoms with van der Waals surface area (Å²) >= 11 is 0. The van der Waals surface area contributed by atoms with Crippen molar-refractivity contribution in [3.05, 3.63) is 29.5 Å². The Balaban J connectivity index is 2.13. The van der Waals surface area contributed by atoms with Crippen LogP contribution in [0.1, 0.15) is 39.0 Å². The van der Waals surface area contributed by atoms with Crippen LogP contribution in [-0.2, 0) is 9.31 Å². The minimum atomic E-state index is -0.356. The summed E-state index contributed by atoms with van der Waals surface area (Å²) in [4.78, 5) is 4.23. The summed E-state index contributed by atoms with van der Waals surface area (Å²) < 4.78 is 11.8. The van der Waals surface area contributed by atoms with Crippen LogP contribution < -0.4 is 5.73 Å². The van der Waals surface area contributed by atoms with Crippen molar-refractivity contribution < 1.29 is 9.31 Å². The van der Waals surface area contributed by atoms with E-state index < -0.39 is 0 Å². The molecule has 0 bridgehead atoms. The molecule has 1 aliphatic rings. The van der Waals surface area contributed by atoms with Crippen LogP contribution in [0, 0.1) is 6.92 Å². The summed E-state index contributed by atoms with van der Waals surface area (Å²) in [6.07, 6.45) is 3.65. The predicted molar refractivity (Wildman–Crippen MR) is 78.5 cm³/mol. The van der Waals surface area contributed by atoms with Gasteiger partial charge < -0.3 is 15.0 Å². The van der Waals surface area contributed by atoms with Crippen molar-refractivity contribution in [2.75, 3.05) is 5.73 Å². The first-order valence-electron chi connectivity index (χ1n) is 6.47. The molecule has 1 aromatic heterocycles. The number of aryl methyl sites for hydroxylation is 1. The van der Waals surface area contributed by atoms with E-state index in [4.69, 9.17) is 15.0 Å². The Labute approximate surface area is 115 Å². The summed E-state index contributed by atoms with van der Waals surface area (Å²) in [6.45, 7) is 10.0. The van der Waals surface area contributed by atoms with Gasteiger partial charge in [0.2, 0.25) is 0 Å². The third-order valence-corrected chi connectivity index (χ3v) is 3.81. The second kappa shape index (κ2) is 4.65. The monoisotopic (exact) mass is 260 g/mol. The Hall–Kier alpha value is -1.33. The molecule has 0 aromatic carbocycles. The number of nitrogens with two attached hydrogens (primary N) is 1. The fourth-order valence-electron chi connectivity index (χ4n) is 1.88.